The lowest BCUT2D eigenvalue weighted by Gasteiger charge is -2.10. The number of amides is 1. The van der Waals surface area contributed by atoms with Gasteiger partial charge in [-0.1, -0.05) is 19.8 Å². The van der Waals surface area contributed by atoms with E-state index in [2.05, 4.69) is 22.2 Å². The molecule has 0 aliphatic carbocycles. The topological polar surface area (TPSA) is 68.5 Å². The summed E-state index contributed by atoms with van der Waals surface area (Å²) in [6, 6.07) is 7.67. The molecule has 6 nitrogen and oxygen atoms in total. The van der Waals surface area contributed by atoms with Gasteiger partial charge in [0.2, 0.25) is 0 Å². The summed E-state index contributed by atoms with van der Waals surface area (Å²) in [6.45, 7) is 4.16. The SMILES string of the molecule is CCCCCOc1ccc(NC(=O)c2ncn3c(C(F)(F)F)cc(C)nc23)cc1. The molecule has 154 valence electrons. The summed E-state index contributed by atoms with van der Waals surface area (Å²) in [4.78, 5) is 20.5. The number of hydrogen-bond donors (Lipinski definition) is 1. The molecule has 0 unspecified atom stereocenters. The number of nitrogens with one attached hydrogen (secondary N) is 1. The monoisotopic (exact) mass is 406 g/mol. The molecular formula is C20H21F3N4O2. The first-order valence-corrected chi connectivity index (χ1v) is 9.25. The predicted molar refractivity (Wildman–Crippen MR) is 102 cm³/mol. The maximum absolute atomic E-state index is 13.2. The Morgan fingerprint density at radius 3 is 2.59 bits per heavy atom. The van der Waals surface area contributed by atoms with Gasteiger partial charge >= 0.3 is 6.18 Å². The van der Waals surface area contributed by atoms with Crippen LogP contribution >= 0.6 is 0 Å². The molecule has 0 fully saturated rings. The summed E-state index contributed by atoms with van der Waals surface area (Å²) in [7, 11) is 0. The molecule has 2 heterocycles. The summed E-state index contributed by atoms with van der Waals surface area (Å²) < 4.78 is 46.1. The molecule has 0 aliphatic heterocycles. The van der Waals surface area contributed by atoms with E-state index < -0.39 is 17.8 Å². The molecule has 0 saturated heterocycles. The van der Waals surface area contributed by atoms with E-state index in [-0.39, 0.29) is 17.0 Å². The van der Waals surface area contributed by atoms with Crippen LogP contribution in [-0.4, -0.2) is 26.9 Å². The van der Waals surface area contributed by atoms with Gasteiger partial charge in [0.15, 0.2) is 11.3 Å². The van der Waals surface area contributed by atoms with Crippen molar-refractivity contribution in [3.8, 4) is 5.75 Å². The third-order valence-corrected chi connectivity index (χ3v) is 4.26. The van der Waals surface area contributed by atoms with Gasteiger partial charge in [-0.3, -0.25) is 9.20 Å². The van der Waals surface area contributed by atoms with E-state index in [4.69, 9.17) is 4.74 Å². The maximum Gasteiger partial charge on any atom is 0.431 e. The molecule has 1 aromatic carbocycles. The third-order valence-electron chi connectivity index (χ3n) is 4.26. The molecule has 1 N–H and O–H groups in total. The van der Waals surface area contributed by atoms with Crippen LogP contribution in [0.3, 0.4) is 0 Å². The Balaban J connectivity index is 1.76. The van der Waals surface area contributed by atoms with Crippen LogP contribution < -0.4 is 10.1 Å². The van der Waals surface area contributed by atoms with Crippen LogP contribution in [0.4, 0.5) is 18.9 Å². The first-order chi connectivity index (χ1) is 13.8. The van der Waals surface area contributed by atoms with Crippen LogP contribution in [0.15, 0.2) is 36.7 Å². The second-order valence-corrected chi connectivity index (χ2v) is 6.60. The largest absolute Gasteiger partial charge is 0.494 e. The van der Waals surface area contributed by atoms with Gasteiger partial charge in [0.05, 0.1) is 6.61 Å². The molecule has 2 aromatic heterocycles. The fourth-order valence-electron chi connectivity index (χ4n) is 2.84. The molecule has 9 heteroatoms. The summed E-state index contributed by atoms with van der Waals surface area (Å²) in [5.41, 5.74) is -0.648. The van der Waals surface area contributed by atoms with Gasteiger partial charge in [-0.05, 0) is 43.7 Å². The number of carbonyl (C=O) groups excluding carboxylic acids is 1. The Hall–Kier alpha value is -3.10. The van der Waals surface area contributed by atoms with Crippen LogP contribution in [0.5, 0.6) is 5.75 Å². The number of imidazole rings is 1. The third kappa shape index (κ3) is 4.85. The fraction of sp³-hybridized carbons (Fsp3) is 0.350. The lowest BCUT2D eigenvalue weighted by atomic mass is 10.2. The molecule has 0 spiro atoms. The van der Waals surface area contributed by atoms with Crippen molar-refractivity contribution >= 4 is 17.2 Å². The highest BCUT2D eigenvalue weighted by atomic mass is 19.4. The molecule has 0 atom stereocenters. The second-order valence-electron chi connectivity index (χ2n) is 6.60. The van der Waals surface area contributed by atoms with E-state index in [0.717, 1.165) is 36.1 Å². The predicted octanol–water partition coefficient (Wildman–Crippen LogP) is 4.88. The number of alkyl halides is 3. The highest BCUT2D eigenvalue weighted by Crippen LogP contribution is 2.30. The van der Waals surface area contributed by atoms with E-state index in [1.54, 1.807) is 24.3 Å². The van der Waals surface area contributed by atoms with Crippen molar-refractivity contribution in [2.45, 2.75) is 39.3 Å². The smallest absolute Gasteiger partial charge is 0.431 e. The van der Waals surface area contributed by atoms with Gasteiger partial charge in [-0.25, -0.2) is 9.97 Å². The van der Waals surface area contributed by atoms with Gasteiger partial charge in [0, 0.05) is 11.4 Å². The summed E-state index contributed by atoms with van der Waals surface area (Å²) in [5, 5.41) is 2.63. The molecule has 29 heavy (non-hydrogen) atoms. The lowest BCUT2D eigenvalue weighted by Crippen LogP contribution is -2.15. The lowest BCUT2D eigenvalue weighted by molar-refractivity contribution is -0.142. The van der Waals surface area contributed by atoms with Crippen molar-refractivity contribution < 1.29 is 22.7 Å². The van der Waals surface area contributed by atoms with E-state index >= 15 is 0 Å². The molecular weight excluding hydrogens is 385 g/mol. The van der Waals surface area contributed by atoms with Crippen molar-refractivity contribution in [2.24, 2.45) is 0 Å². The van der Waals surface area contributed by atoms with Gasteiger partial charge in [0.1, 0.15) is 17.8 Å². The highest BCUT2D eigenvalue weighted by Gasteiger charge is 2.35. The Kier molecular flexibility index (Phi) is 6.05. The number of halogens is 3. The zero-order valence-electron chi connectivity index (χ0n) is 16.1. The minimum Gasteiger partial charge on any atom is -0.494 e. The number of benzene rings is 1. The zero-order valence-corrected chi connectivity index (χ0v) is 16.1. The molecule has 0 saturated carbocycles. The number of ether oxygens (including phenoxy) is 1. The number of anilines is 1. The van der Waals surface area contributed by atoms with Crippen LogP contribution in [-0.2, 0) is 6.18 Å². The molecule has 0 bridgehead atoms. The normalized spacial score (nSPS) is 11.6. The average molecular weight is 406 g/mol. The standard InChI is InChI=1S/C20H21F3N4O2/c1-3-4-5-10-29-15-8-6-14(7-9-15)26-19(28)17-18-25-13(2)11-16(20(21,22)23)27(18)12-24-17/h6-9,11-12H,3-5,10H2,1-2H3,(H,26,28). The number of unbranched alkanes of at least 4 members (excludes halogenated alkanes) is 2. The van der Waals surface area contributed by atoms with Crippen molar-refractivity contribution in [1.29, 1.82) is 0 Å². The Bertz CT molecular complexity index is 997. The average Bonchev–Trinajstić information content (AvgIpc) is 3.08. The van der Waals surface area contributed by atoms with E-state index in [1.807, 2.05) is 0 Å². The minimum atomic E-state index is -4.59. The number of aryl methyl sites for hydroxylation is 1. The van der Waals surface area contributed by atoms with Crippen LogP contribution in [0.25, 0.3) is 5.65 Å². The van der Waals surface area contributed by atoms with E-state index in [0.29, 0.717) is 18.0 Å². The maximum atomic E-state index is 13.2. The van der Waals surface area contributed by atoms with Crippen molar-refractivity contribution in [3.05, 3.63) is 53.7 Å². The number of rotatable bonds is 7. The second kappa shape index (κ2) is 8.50. The Morgan fingerprint density at radius 2 is 1.93 bits per heavy atom. The van der Waals surface area contributed by atoms with Crippen molar-refractivity contribution in [2.75, 3.05) is 11.9 Å². The first-order valence-electron chi connectivity index (χ1n) is 9.25. The van der Waals surface area contributed by atoms with Gasteiger partial charge in [-0.15, -0.1) is 0 Å². The fourth-order valence-corrected chi connectivity index (χ4v) is 2.84. The van der Waals surface area contributed by atoms with Gasteiger partial charge in [0.25, 0.3) is 5.91 Å². The quantitative estimate of drug-likeness (QED) is 0.568. The minimum absolute atomic E-state index is 0.143. The summed E-state index contributed by atoms with van der Waals surface area (Å²) >= 11 is 0. The van der Waals surface area contributed by atoms with Gasteiger partial charge < -0.3 is 10.1 Å². The molecule has 0 radical (unpaired) electrons. The van der Waals surface area contributed by atoms with E-state index in [1.165, 1.54) is 6.92 Å². The number of carbonyl (C=O) groups is 1. The molecule has 0 aliphatic rings. The van der Waals surface area contributed by atoms with Crippen LogP contribution in [0, 0.1) is 6.92 Å². The molecule has 1 amide bonds. The molecule has 3 aromatic rings. The Labute approximate surface area is 165 Å². The first kappa shape index (κ1) is 20.6. The summed E-state index contributed by atoms with van der Waals surface area (Å²) in [5.74, 6) is 0.0361. The Morgan fingerprint density at radius 1 is 1.21 bits per heavy atom. The number of fused-ring (bicyclic) bond motifs is 1. The summed E-state index contributed by atoms with van der Waals surface area (Å²) in [6.07, 6.45) is -0.471. The number of nitrogens with zero attached hydrogens (tertiary/aromatic N) is 3. The molecule has 3 rings (SSSR count). The van der Waals surface area contributed by atoms with Crippen LogP contribution in [0.2, 0.25) is 0 Å². The van der Waals surface area contributed by atoms with Crippen molar-refractivity contribution in [1.82, 2.24) is 14.4 Å². The van der Waals surface area contributed by atoms with Gasteiger partial charge in [-0.2, -0.15) is 13.2 Å². The number of hydrogen-bond acceptors (Lipinski definition) is 4. The van der Waals surface area contributed by atoms with Crippen molar-refractivity contribution in [3.63, 3.8) is 0 Å². The zero-order chi connectivity index (χ0) is 21.0. The van der Waals surface area contributed by atoms with E-state index in [9.17, 15) is 18.0 Å². The highest BCUT2D eigenvalue weighted by molar-refractivity contribution is 6.06. The van der Waals surface area contributed by atoms with Crippen LogP contribution in [0.1, 0.15) is 48.1 Å². The number of aromatic nitrogens is 3.